The first-order chi connectivity index (χ1) is 8.47. The molecule has 0 unspecified atom stereocenters. The molecule has 1 aromatic carbocycles. The molecule has 0 amide bonds. The number of carboxylic acid groups (broad SMARTS) is 1. The van der Waals surface area contributed by atoms with Gasteiger partial charge in [-0.25, -0.2) is 18.6 Å². The number of rotatable bonds is 3. The minimum Gasteiger partial charge on any atom is -0.476 e. The number of benzene rings is 1. The van der Waals surface area contributed by atoms with Gasteiger partial charge in [-0.05, 0) is 19.1 Å². The summed E-state index contributed by atoms with van der Waals surface area (Å²) in [6, 6.07) is 3.06. The summed E-state index contributed by atoms with van der Waals surface area (Å²) in [6.07, 6.45) is 0. The molecule has 18 heavy (non-hydrogen) atoms. The summed E-state index contributed by atoms with van der Waals surface area (Å²) in [5.74, 6) is -2.59. The quantitative estimate of drug-likeness (QED) is 0.899. The first-order valence-corrected chi connectivity index (χ1v) is 5.72. The maximum absolute atomic E-state index is 13.4. The van der Waals surface area contributed by atoms with Gasteiger partial charge in [0, 0.05) is 10.9 Å². The Bertz CT molecular complexity index is 613. The number of anilines is 2. The number of nitrogens with one attached hydrogen (secondary N) is 1. The fraction of sp³-hybridized carbons (Fsp3) is 0.0909. The van der Waals surface area contributed by atoms with Gasteiger partial charge in [0.2, 0.25) is 0 Å². The van der Waals surface area contributed by atoms with Gasteiger partial charge in [0.25, 0.3) is 0 Å². The molecule has 0 spiro atoms. The molecule has 0 aliphatic rings. The van der Waals surface area contributed by atoms with Crippen LogP contribution in [0.25, 0.3) is 0 Å². The van der Waals surface area contributed by atoms with Crippen molar-refractivity contribution in [1.29, 1.82) is 0 Å². The fourth-order valence-corrected chi connectivity index (χ4v) is 2.17. The van der Waals surface area contributed by atoms with Crippen molar-refractivity contribution < 1.29 is 18.7 Å². The van der Waals surface area contributed by atoms with E-state index in [-0.39, 0.29) is 16.5 Å². The van der Waals surface area contributed by atoms with Gasteiger partial charge in [-0.3, -0.25) is 0 Å². The number of aryl methyl sites for hydroxylation is 1. The van der Waals surface area contributed by atoms with Gasteiger partial charge in [-0.1, -0.05) is 0 Å². The SMILES string of the molecule is Cc1sc(Nc2ccc(F)cc2F)nc1C(=O)O. The van der Waals surface area contributed by atoms with Crippen molar-refractivity contribution in [2.24, 2.45) is 0 Å². The van der Waals surface area contributed by atoms with E-state index in [9.17, 15) is 13.6 Å². The number of carbonyl (C=O) groups is 1. The van der Waals surface area contributed by atoms with Gasteiger partial charge in [0.15, 0.2) is 10.8 Å². The molecule has 2 rings (SSSR count). The Labute approximate surface area is 105 Å². The van der Waals surface area contributed by atoms with Gasteiger partial charge in [-0.15, -0.1) is 11.3 Å². The van der Waals surface area contributed by atoms with Crippen LogP contribution < -0.4 is 5.32 Å². The van der Waals surface area contributed by atoms with Crippen LogP contribution in [0.4, 0.5) is 19.6 Å². The van der Waals surface area contributed by atoms with E-state index in [4.69, 9.17) is 5.11 Å². The van der Waals surface area contributed by atoms with Crippen LogP contribution in [0, 0.1) is 18.6 Å². The van der Waals surface area contributed by atoms with E-state index in [2.05, 4.69) is 10.3 Å². The topological polar surface area (TPSA) is 62.2 Å². The summed E-state index contributed by atoms with van der Waals surface area (Å²) in [5, 5.41) is 11.7. The maximum Gasteiger partial charge on any atom is 0.355 e. The molecule has 7 heteroatoms. The number of carboxylic acids is 1. The summed E-state index contributed by atoms with van der Waals surface area (Å²) >= 11 is 1.09. The minimum absolute atomic E-state index is 0.0436. The molecule has 0 fully saturated rings. The summed E-state index contributed by atoms with van der Waals surface area (Å²) < 4.78 is 26.1. The summed E-state index contributed by atoms with van der Waals surface area (Å²) in [4.78, 5) is 15.1. The van der Waals surface area contributed by atoms with E-state index in [0.717, 1.165) is 23.5 Å². The van der Waals surface area contributed by atoms with Crippen LogP contribution in [0.15, 0.2) is 18.2 Å². The molecule has 0 saturated heterocycles. The number of nitrogens with zero attached hydrogens (tertiary/aromatic N) is 1. The first-order valence-electron chi connectivity index (χ1n) is 4.90. The lowest BCUT2D eigenvalue weighted by Gasteiger charge is -2.03. The van der Waals surface area contributed by atoms with E-state index >= 15 is 0 Å². The molecule has 1 aromatic heterocycles. The van der Waals surface area contributed by atoms with Crippen molar-refractivity contribution >= 4 is 28.1 Å². The molecule has 0 aliphatic heterocycles. The van der Waals surface area contributed by atoms with Crippen LogP contribution in [0.3, 0.4) is 0 Å². The highest BCUT2D eigenvalue weighted by atomic mass is 32.1. The van der Waals surface area contributed by atoms with Crippen molar-refractivity contribution in [2.75, 3.05) is 5.32 Å². The second-order valence-corrected chi connectivity index (χ2v) is 4.68. The number of halogens is 2. The molecule has 0 bridgehead atoms. The van der Waals surface area contributed by atoms with Crippen LogP contribution in [0.2, 0.25) is 0 Å². The molecule has 0 atom stereocenters. The normalized spacial score (nSPS) is 10.4. The third-order valence-electron chi connectivity index (χ3n) is 2.17. The second kappa shape index (κ2) is 4.69. The van der Waals surface area contributed by atoms with Crippen molar-refractivity contribution in [1.82, 2.24) is 4.98 Å². The lowest BCUT2D eigenvalue weighted by atomic mass is 10.3. The summed E-state index contributed by atoms with van der Waals surface area (Å²) in [5.41, 5.74) is -0.0351. The lowest BCUT2D eigenvalue weighted by Crippen LogP contribution is -1.99. The highest BCUT2D eigenvalue weighted by Gasteiger charge is 2.15. The van der Waals surface area contributed by atoms with E-state index in [0.29, 0.717) is 4.88 Å². The molecule has 0 saturated carbocycles. The van der Waals surface area contributed by atoms with E-state index in [1.165, 1.54) is 6.07 Å². The Balaban J connectivity index is 2.29. The molecule has 4 nitrogen and oxygen atoms in total. The van der Waals surface area contributed by atoms with E-state index < -0.39 is 17.6 Å². The summed E-state index contributed by atoms with van der Waals surface area (Å²) in [7, 11) is 0. The van der Waals surface area contributed by atoms with Gasteiger partial charge in [0.05, 0.1) is 5.69 Å². The molecule has 94 valence electrons. The van der Waals surface area contributed by atoms with E-state index in [1.54, 1.807) is 6.92 Å². The third-order valence-corrected chi connectivity index (χ3v) is 3.06. The average Bonchev–Trinajstić information content (AvgIpc) is 2.64. The van der Waals surface area contributed by atoms with Crippen LogP contribution in [0.5, 0.6) is 0 Å². The zero-order chi connectivity index (χ0) is 13.3. The number of hydrogen-bond donors (Lipinski definition) is 2. The molecule has 0 aliphatic carbocycles. The maximum atomic E-state index is 13.4. The molecule has 1 heterocycles. The number of hydrogen-bond acceptors (Lipinski definition) is 4. The molecular formula is C11H8F2N2O2S. The monoisotopic (exact) mass is 270 g/mol. The highest BCUT2D eigenvalue weighted by molar-refractivity contribution is 7.15. The van der Waals surface area contributed by atoms with Gasteiger partial charge in [0.1, 0.15) is 11.6 Å². The van der Waals surface area contributed by atoms with Gasteiger partial charge < -0.3 is 10.4 Å². The smallest absolute Gasteiger partial charge is 0.355 e. The standard InChI is InChI=1S/C11H8F2N2O2S/c1-5-9(10(16)17)15-11(18-5)14-8-3-2-6(12)4-7(8)13/h2-4H,1H3,(H,14,15)(H,16,17). The van der Waals surface area contributed by atoms with Crippen molar-refractivity contribution in [3.8, 4) is 0 Å². The third kappa shape index (κ3) is 2.45. The van der Waals surface area contributed by atoms with Crippen molar-refractivity contribution in [3.63, 3.8) is 0 Å². The van der Waals surface area contributed by atoms with Crippen molar-refractivity contribution in [3.05, 3.63) is 40.4 Å². The first kappa shape index (κ1) is 12.4. The van der Waals surface area contributed by atoms with Gasteiger partial charge >= 0.3 is 5.97 Å². The predicted octanol–water partition coefficient (Wildman–Crippen LogP) is 3.17. The second-order valence-electron chi connectivity index (χ2n) is 3.48. The van der Waals surface area contributed by atoms with Crippen LogP contribution >= 0.6 is 11.3 Å². The van der Waals surface area contributed by atoms with Gasteiger partial charge in [-0.2, -0.15) is 0 Å². The fourth-order valence-electron chi connectivity index (χ4n) is 1.35. The minimum atomic E-state index is -1.14. The van der Waals surface area contributed by atoms with Crippen LogP contribution in [-0.2, 0) is 0 Å². The molecule has 0 radical (unpaired) electrons. The number of aromatic carboxylic acids is 1. The molecule has 2 aromatic rings. The highest BCUT2D eigenvalue weighted by Crippen LogP contribution is 2.26. The Morgan fingerprint density at radius 3 is 2.72 bits per heavy atom. The largest absolute Gasteiger partial charge is 0.476 e. The van der Waals surface area contributed by atoms with Crippen molar-refractivity contribution in [2.45, 2.75) is 6.92 Å². The average molecular weight is 270 g/mol. The zero-order valence-corrected chi connectivity index (χ0v) is 10.0. The zero-order valence-electron chi connectivity index (χ0n) is 9.20. The number of aromatic nitrogens is 1. The predicted molar refractivity (Wildman–Crippen MR) is 63.5 cm³/mol. The Kier molecular flexibility index (Phi) is 3.24. The lowest BCUT2D eigenvalue weighted by molar-refractivity contribution is 0.0690. The molecule has 2 N–H and O–H groups in total. The molecular weight excluding hydrogens is 262 g/mol. The van der Waals surface area contributed by atoms with E-state index in [1.807, 2.05) is 0 Å². The van der Waals surface area contributed by atoms with Crippen LogP contribution in [0.1, 0.15) is 15.4 Å². The Morgan fingerprint density at radius 2 is 2.17 bits per heavy atom. The Hall–Kier alpha value is -2.02. The Morgan fingerprint density at radius 1 is 1.44 bits per heavy atom. The van der Waals surface area contributed by atoms with Crippen LogP contribution in [-0.4, -0.2) is 16.1 Å². The summed E-state index contributed by atoms with van der Waals surface area (Å²) in [6.45, 7) is 1.60. The number of thiazole rings is 1.